The predicted molar refractivity (Wildman–Crippen MR) is 128 cm³/mol. The minimum absolute atomic E-state index is 0.377. The number of rotatable bonds is 2. The van der Waals surface area contributed by atoms with Gasteiger partial charge in [-0.1, -0.05) is 30.3 Å². The number of phenols is 2. The van der Waals surface area contributed by atoms with E-state index >= 15 is 0 Å². The van der Waals surface area contributed by atoms with Gasteiger partial charge in [-0.05, 0) is 131 Å². The van der Waals surface area contributed by atoms with Gasteiger partial charge in [0.1, 0.15) is 11.5 Å². The Morgan fingerprint density at radius 1 is 0.484 bits per heavy atom. The third-order valence-electron chi connectivity index (χ3n) is 6.53. The van der Waals surface area contributed by atoms with Crippen molar-refractivity contribution in [2.24, 2.45) is 0 Å². The van der Waals surface area contributed by atoms with Crippen LogP contribution in [-0.2, 0) is 6.42 Å². The van der Waals surface area contributed by atoms with Crippen LogP contribution in [0.5, 0.6) is 11.5 Å². The summed E-state index contributed by atoms with van der Waals surface area (Å²) in [5, 5.41) is 20.2. The van der Waals surface area contributed by atoms with Gasteiger partial charge in [0, 0.05) is 0 Å². The third kappa shape index (κ3) is 3.19. The predicted octanol–water partition coefficient (Wildman–Crippen LogP) is 7.24. The average Bonchev–Trinajstić information content (AvgIpc) is 3.12. The zero-order chi connectivity index (χ0) is 21.9. The Kier molecular flexibility index (Phi) is 4.40. The van der Waals surface area contributed by atoms with E-state index in [1.807, 2.05) is 27.7 Å². The van der Waals surface area contributed by atoms with Crippen molar-refractivity contribution in [1.29, 1.82) is 0 Å². The second kappa shape index (κ2) is 7.02. The summed E-state index contributed by atoms with van der Waals surface area (Å²) >= 11 is 0. The van der Waals surface area contributed by atoms with Gasteiger partial charge >= 0.3 is 0 Å². The Bertz CT molecular complexity index is 1320. The summed E-state index contributed by atoms with van der Waals surface area (Å²) in [6.45, 7) is 7.79. The number of aryl methyl sites for hydroxylation is 4. The molecule has 2 nitrogen and oxygen atoms in total. The fourth-order valence-corrected chi connectivity index (χ4v) is 4.79. The van der Waals surface area contributed by atoms with E-state index in [0.717, 1.165) is 39.8 Å². The zero-order valence-electron chi connectivity index (χ0n) is 18.4. The second-order valence-corrected chi connectivity index (χ2v) is 8.84. The van der Waals surface area contributed by atoms with Gasteiger partial charge < -0.3 is 10.2 Å². The number of fused-ring (bicyclic) bond motifs is 3. The van der Waals surface area contributed by atoms with Crippen LogP contribution in [0.25, 0.3) is 33.4 Å². The first-order valence-corrected chi connectivity index (χ1v) is 10.7. The van der Waals surface area contributed by atoms with Crippen LogP contribution in [-0.4, -0.2) is 10.2 Å². The summed E-state index contributed by atoms with van der Waals surface area (Å²) in [7, 11) is 0. The first-order valence-electron chi connectivity index (χ1n) is 10.7. The molecule has 4 aromatic carbocycles. The van der Waals surface area contributed by atoms with Gasteiger partial charge in [-0.15, -0.1) is 0 Å². The second-order valence-electron chi connectivity index (χ2n) is 8.84. The minimum Gasteiger partial charge on any atom is -0.507 e. The lowest BCUT2D eigenvalue weighted by Gasteiger charge is -2.11. The molecular formula is C29H26O2. The molecule has 0 fully saturated rings. The van der Waals surface area contributed by atoms with E-state index in [-0.39, 0.29) is 0 Å². The fourth-order valence-electron chi connectivity index (χ4n) is 4.79. The van der Waals surface area contributed by atoms with Gasteiger partial charge in [-0.2, -0.15) is 0 Å². The molecule has 0 bridgehead atoms. The van der Waals surface area contributed by atoms with Crippen molar-refractivity contribution in [1.82, 2.24) is 0 Å². The van der Waals surface area contributed by atoms with E-state index in [2.05, 4.69) is 60.7 Å². The first-order chi connectivity index (χ1) is 14.8. The Morgan fingerprint density at radius 2 is 0.968 bits per heavy atom. The number of hydrogen-bond acceptors (Lipinski definition) is 2. The highest BCUT2D eigenvalue weighted by molar-refractivity contribution is 5.84. The van der Waals surface area contributed by atoms with Crippen molar-refractivity contribution in [3.63, 3.8) is 0 Å². The van der Waals surface area contributed by atoms with Gasteiger partial charge in [0.25, 0.3) is 0 Å². The summed E-state index contributed by atoms with van der Waals surface area (Å²) in [6.07, 6.45) is 0.933. The lowest BCUT2D eigenvalue weighted by Crippen LogP contribution is -1.87. The van der Waals surface area contributed by atoms with Gasteiger partial charge in [0.05, 0.1) is 0 Å². The van der Waals surface area contributed by atoms with Crippen molar-refractivity contribution < 1.29 is 10.2 Å². The molecule has 31 heavy (non-hydrogen) atoms. The zero-order valence-corrected chi connectivity index (χ0v) is 18.4. The topological polar surface area (TPSA) is 40.5 Å². The van der Waals surface area contributed by atoms with Crippen LogP contribution in [0, 0.1) is 27.7 Å². The van der Waals surface area contributed by atoms with E-state index in [0.29, 0.717) is 11.5 Å². The van der Waals surface area contributed by atoms with E-state index in [4.69, 9.17) is 0 Å². The number of aromatic hydroxyl groups is 2. The first kappa shape index (κ1) is 19.4. The summed E-state index contributed by atoms with van der Waals surface area (Å²) in [5.41, 5.74) is 13.5. The van der Waals surface area contributed by atoms with Crippen LogP contribution >= 0.6 is 0 Å². The maximum absolute atomic E-state index is 10.1. The summed E-state index contributed by atoms with van der Waals surface area (Å²) in [5.74, 6) is 0.757. The molecule has 2 heteroatoms. The largest absolute Gasteiger partial charge is 0.507 e. The molecule has 1 aliphatic rings. The van der Waals surface area contributed by atoms with E-state index in [1.165, 1.54) is 33.4 Å². The fraction of sp³-hybridized carbons (Fsp3) is 0.172. The summed E-state index contributed by atoms with van der Waals surface area (Å²) in [6, 6.07) is 21.6. The lowest BCUT2D eigenvalue weighted by atomic mass is 9.94. The smallest absolute Gasteiger partial charge is 0.121 e. The molecule has 0 saturated carbocycles. The van der Waals surface area contributed by atoms with Crippen LogP contribution in [0.15, 0.2) is 60.7 Å². The Balaban J connectivity index is 1.56. The molecular weight excluding hydrogens is 380 g/mol. The Labute approximate surface area is 183 Å². The molecule has 0 heterocycles. The van der Waals surface area contributed by atoms with Crippen molar-refractivity contribution >= 4 is 0 Å². The molecule has 1 aliphatic carbocycles. The number of benzene rings is 4. The molecule has 0 radical (unpaired) electrons. The van der Waals surface area contributed by atoms with Crippen molar-refractivity contribution in [2.75, 3.05) is 0 Å². The highest BCUT2D eigenvalue weighted by atomic mass is 16.3. The van der Waals surface area contributed by atoms with Crippen molar-refractivity contribution in [3.8, 4) is 44.9 Å². The van der Waals surface area contributed by atoms with Crippen molar-refractivity contribution in [2.45, 2.75) is 34.1 Å². The highest BCUT2D eigenvalue weighted by Gasteiger charge is 2.20. The van der Waals surface area contributed by atoms with Crippen LogP contribution in [0.2, 0.25) is 0 Å². The Morgan fingerprint density at radius 3 is 1.52 bits per heavy atom. The molecule has 154 valence electrons. The van der Waals surface area contributed by atoms with E-state index < -0.39 is 0 Å². The molecule has 2 N–H and O–H groups in total. The van der Waals surface area contributed by atoms with Gasteiger partial charge in [-0.3, -0.25) is 0 Å². The number of phenolic OH excluding ortho intramolecular Hbond substituents is 2. The van der Waals surface area contributed by atoms with Gasteiger partial charge in [0.15, 0.2) is 0 Å². The normalized spacial score (nSPS) is 12.0. The molecule has 5 rings (SSSR count). The number of hydrogen-bond donors (Lipinski definition) is 2. The van der Waals surface area contributed by atoms with Crippen LogP contribution in [0.4, 0.5) is 0 Å². The SMILES string of the molecule is Cc1cc(-c2ccc3c(c2)Cc2ccc(-c4cc(C)c(O)c(C)c4)cc2-3)cc(C)c1O. The van der Waals surface area contributed by atoms with Crippen LogP contribution < -0.4 is 0 Å². The Hall–Kier alpha value is -3.52. The van der Waals surface area contributed by atoms with Crippen molar-refractivity contribution in [3.05, 3.63) is 94.0 Å². The van der Waals surface area contributed by atoms with Crippen LogP contribution in [0.1, 0.15) is 33.4 Å². The average molecular weight is 407 g/mol. The molecule has 0 amide bonds. The summed E-state index contributed by atoms with van der Waals surface area (Å²) < 4.78 is 0. The van der Waals surface area contributed by atoms with E-state index in [1.54, 1.807) is 0 Å². The molecule has 0 aliphatic heterocycles. The van der Waals surface area contributed by atoms with Gasteiger partial charge in [0.2, 0.25) is 0 Å². The van der Waals surface area contributed by atoms with Gasteiger partial charge in [-0.25, -0.2) is 0 Å². The van der Waals surface area contributed by atoms with Crippen LogP contribution in [0.3, 0.4) is 0 Å². The third-order valence-corrected chi connectivity index (χ3v) is 6.53. The molecule has 4 aromatic rings. The summed E-state index contributed by atoms with van der Waals surface area (Å²) in [4.78, 5) is 0. The molecule has 0 spiro atoms. The highest BCUT2D eigenvalue weighted by Crippen LogP contribution is 2.41. The molecule has 0 saturated heterocycles. The standard InChI is InChI=1S/C29H26O2/c1-16-9-23(10-17(2)28(16)30)20-7-8-26-25(13-20)14-22-6-5-21(15-27(22)26)24-11-18(3)29(31)19(4)12-24/h5-13,15,30-31H,14H2,1-4H3. The lowest BCUT2D eigenvalue weighted by molar-refractivity contribution is 0.466. The maximum atomic E-state index is 10.1. The molecule has 0 unspecified atom stereocenters. The maximum Gasteiger partial charge on any atom is 0.121 e. The molecule has 0 atom stereocenters. The quantitative estimate of drug-likeness (QED) is 0.324. The minimum atomic E-state index is 0.377. The monoisotopic (exact) mass is 406 g/mol. The van der Waals surface area contributed by atoms with E-state index in [9.17, 15) is 10.2 Å². The molecule has 0 aromatic heterocycles.